The lowest BCUT2D eigenvalue weighted by Crippen LogP contribution is -2.50. The van der Waals surface area contributed by atoms with E-state index in [-0.39, 0.29) is 0 Å². The van der Waals surface area contributed by atoms with Crippen molar-refractivity contribution >= 4 is 6.09 Å². The summed E-state index contributed by atoms with van der Waals surface area (Å²) in [6, 6.07) is -1.65. The summed E-state index contributed by atoms with van der Waals surface area (Å²) in [4.78, 5) is 12.3. The van der Waals surface area contributed by atoms with Crippen molar-refractivity contribution in [3.05, 3.63) is 0 Å². The number of amides is 1. The molecule has 1 aliphatic rings. The Labute approximate surface area is 108 Å². The highest BCUT2D eigenvalue weighted by atomic mass is 19.4. The Balaban J connectivity index is 2.83. The van der Waals surface area contributed by atoms with Crippen LogP contribution in [-0.2, 0) is 4.74 Å². The molecule has 1 rings (SSSR count). The van der Waals surface area contributed by atoms with E-state index in [1.807, 2.05) is 0 Å². The molecule has 1 aliphatic heterocycles. The van der Waals surface area contributed by atoms with E-state index in [0.717, 1.165) is 0 Å². The van der Waals surface area contributed by atoms with Crippen LogP contribution in [-0.4, -0.2) is 52.7 Å². The van der Waals surface area contributed by atoms with Crippen LogP contribution in [0.25, 0.3) is 0 Å². The minimum atomic E-state index is -4.91. The number of nitrogens with zero attached hydrogens (tertiary/aromatic N) is 1. The number of halogens is 4. The molecule has 1 amide bonds. The van der Waals surface area contributed by atoms with Gasteiger partial charge in [-0.25, -0.2) is 9.18 Å². The van der Waals surface area contributed by atoms with Crippen molar-refractivity contribution in [2.24, 2.45) is 0 Å². The zero-order valence-electron chi connectivity index (χ0n) is 10.9. The van der Waals surface area contributed by atoms with Gasteiger partial charge in [-0.3, -0.25) is 4.90 Å². The summed E-state index contributed by atoms with van der Waals surface area (Å²) in [6.07, 6.45) is -10.9. The summed E-state index contributed by atoms with van der Waals surface area (Å²) in [5.74, 6) is 0. The van der Waals surface area contributed by atoms with Crippen LogP contribution in [0.2, 0.25) is 0 Å². The number of likely N-dealkylation sites (tertiary alicyclic amines) is 1. The molecule has 112 valence electrons. The molecule has 0 spiro atoms. The lowest BCUT2D eigenvalue weighted by molar-refractivity contribution is -0.217. The number of ether oxygens (including phenoxy) is 1. The fourth-order valence-corrected chi connectivity index (χ4v) is 1.86. The first-order valence-corrected chi connectivity index (χ1v) is 5.80. The molecule has 0 bridgehead atoms. The minimum absolute atomic E-state index is 0.507. The maximum absolute atomic E-state index is 13.2. The van der Waals surface area contributed by atoms with Gasteiger partial charge >= 0.3 is 12.3 Å². The lowest BCUT2D eigenvalue weighted by Gasteiger charge is -2.31. The molecular formula is C11H17F4NO3. The third-order valence-corrected chi connectivity index (χ3v) is 2.62. The van der Waals surface area contributed by atoms with Crippen molar-refractivity contribution in [2.75, 3.05) is 6.54 Å². The van der Waals surface area contributed by atoms with Gasteiger partial charge < -0.3 is 9.84 Å². The molecular weight excluding hydrogens is 270 g/mol. The number of rotatable bonds is 1. The predicted octanol–water partition coefficient (Wildman–Crippen LogP) is 2.26. The fourth-order valence-electron chi connectivity index (χ4n) is 1.86. The summed E-state index contributed by atoms with van der Waals surface area (Å²) in [5, 5.41) is 9.18. The van der Waals surface area contributed by atoms with Crippen molar-refractivity contribution in [2.45, 2.75) is 57.3 Å². The van der Waals surface area contributed by atoms with Crippen LogP contribution < -0.4 is 0 Å². The van der Waals surface area contributed by atoms with Gasteiger partial charge in [0.15, 0.2) is 6.10 Å². The molecule has 1 N–H and O–H groups in total. The van der Waals surface area contributed by atoms with Crippen LogP contribution in [0.1, 0.15) is 27.2 Å². The van der Waals surface area contributed by atoms with Gasteiger partial charge in [0.25, 0.3) is 0 Å². The molecule has 8 heteroatoms. The van der Waals surface area contributed by atoms with Gasteiger partial charge in [0.05, 0.1) is 12.6 Å². The maximum Gasteiger partial charge on any atom is 0.416 e. The molecule has 4 nitrogen and oxygen atoms in total. The molecule has 0 saturated carbocycles. The number of aliphatic hydroxyl groups excluding tert-OH is 1. The van der Waals surface area contributed by atoms with Gasteiger partial charge in [0.1, 0.15) is 11.8 Å². The molecule has 1 unspecified atom stereocenters. The molecule has 0 aromatic rings. The molecule has 3 atom stereocenters. The van der Waals surface area contributed by atoms with E-state index in [2.05, 4.69) is 0 Å². The highest BCUT2D eigenvalue weighted by molar-refractivity contribution is 5.69. The Morgan fingerprint density at radius 2 is 1.89 bits per heavy atom. The van der Waals surface area contributed by atoms with Crippen molar-refractivity contribution in [1.82, 2.24) is 4.90 Å². The second kappa shape index (κ2) is 5.15. The van der Waals surface area contributed by atoms with Crippen LogP contribution in [0.15, 0.2) is 0 Å². The number of alkyl halides is 4. The van der Waals surface area contributed by atoms with Crippen molar-refractivity contribution in [3.63, 3.8) is 0 Å². The van der Waals surface area contributed by atoms with Gasteiger partial charge in [0, 0.05) is 6.42 Å². The minimum Gasteiger partial charge on any atom is -0.444 e. The van der Waals surface area contributed by atoms with E-state index in [4.69, 9.17) is 4.74 Å². The molecule has 0 aromatic carbocycles. The normalized spacial score (nSPS) is 26.4. The first-order chi connectivity index (χ1) is 8.42. The Bertz CT molecular complexity index is 340. The molecule has 1 fully saturated rings. The summed E-state index contributed by atoms with van der Waals surface area (Å²) in [5.41, 5.74) is -0.904. The van der Waals surface area contributed by atoms with Crippen LogP contribution in [0.5, 0.6) is 0 Å². The highest BCUT2D eigenvalue weighted by Gasteiger charge is 2.51. The van der Waals surface area contributed by atoms with E-state index >= 15 is 0 Å². The molecule has 0 aromatic heterocycles. The van der Waals surface area contributed by atoms with Gasteiger partial charge in [-0.1, -0.05) is 0 Å². The van der Waals surface area contributed by atoms with Crippen LogP contribution in [0.3, 0.4) is 0 Å². The third-order valence-electron chi connectivity index (χ3n) is 2.62. The van der Waals surface area contributed by atoms with E-state index in [1.165, 1.54) is 0 Å². The Hall–Kier alpha value is -1.05. The summed E-state index contributed by atoms with van der Waals surface area (Å²) >= 11 is 0. The largest absolute Gasteiger partial charge is 0.444 e. The standard InChI is InChI=1S/C11H17F4NO3/c1-10(2,3)19-9(18)16-5-6(12)4-7(16)8(17)11(13,14)15/h6-8,17H,4-5H2,1-3H3/t6-,7?,8+/m1/s1. The number of hydrogen-bond acceptors (Lipinski definition) is 3. The zero-order valence-corrected chi connectivity index (χ0v) is 10.9. The first kappa shape index (κ1) is 16.0. The molecule has 0 aliphatic carbocycles. The zero-order chi connectivity index (χ0) is 15.0. The Morgan fingerprint density at radius 3 is 2.32 bits per heavy atom. The lowest BCUT2D eigenvalue weighted by atomic mass is 10.1. The van der Waals surface area contributed by atoms with Gasteiger partial charge in [-0.15, -0.1) is 0 Å². The van der Waals surface area contributed by atoms with Crippen LogP contribution >= 0.6 is 0 Å². The number of hydrogen-bond donors (Lipinski definition) is 1. The fraction of sp³-hybridized carbons (Fsp3) is 0.909. The topological polar surface area (TPSA) is 49.8 Å². The average molecular weight is 287 g/mol. The smallest absolute Gasteiger partial charge is 0.416 e. The predicted molar refractivity (Wildman–Crippen MR) is 58.3 cm³/mol. The Kier molecular flexibility index (Phi) is 4.33. The maximum atomic E-state index is 13.2. The van der Waals surface area contributed by atoms with E-state index in [9.17, 15) is 27.5 Å². The van der Waals surface area contributed by atoms with Crippen LogP contribution in [0.4, 0.5) is 22.4 Å². The number of carbonyl (C=O) groups excluding carboxylic acids is 1. The van der Waals surface area contributed by atoms with Gasteiger partial charge in [-0.2, -0.15) is 13.2 Å². The van der Waals surface area contributed by atoms with Gasteiger partial charge in [0.2, 0.25) is 0 Å². The van der Waals surface area contributed by atoms with E-state index in [1.54, 1.807) is 20.8 Å². The summed E-state index contributed by atoms with van der Waals surface area (Å²) in [6.45, 7) is 4.13. The number of aliphatic hydroxyl groups is 1. The van der Waals surface area contributed by atoms with Crippen molar-refractivity contribution in [1.29, 1.82) is 0 Å². The van der Waals surface area contributed by atoms with E-state index < -0.39 is 49.2 Å². The Morgan fingerprint density at radius 1 is 1.37 bits per heavy atom. The second-order valence-corrected chi connectivity index (χ2v) is 5.52. The van der Waals surface area contributed by atoms with Crippen molar-refractivity contribution < 1.29 is 32.2 Å². The average Bonchev–Trinajstić information content (AvgIpc) is 2.55. The van der Waals surface area contributed by atoms with Crippen molar-refractivity contribution in [3.8, 4) is 0 Å². The molecule has 0 radical (unpaired) electrons. The summed E-state index contributed by atoms with van der Waals surface area (Å²) in [7, 11) is 0. The third kappa shape index (κ3) is 4.22. The summed E-state index contributed by atoms with van der Waals surface area (Å²) < 4.78 is 55.5. The molecule has 1 saturated heterocycles. The quantitative estimate of drug-likeness (QED) is 0.753. The molecule has 19 heavy (non-hydrogen) atoms. The monoisotopic (exact) mass is 287 g/mol. The number of carbonyl (C=O) groups is 1. The molecule has 1 heterocycles. The van der Waals surface area contributed by atoms with Gasteiger partial charge in [-0.05, 0) is 20.8 Å². The highest BCUT2D eigenvalue weighted by Crippen LogP contribution is 2.32. The first-order valence-electron chi connectivity index (χ1n) is 5.80. The second-order valence-electron chi connectivity index (χ2n) is 5.52. The van der Waals surface area contributed by atoms with Crippen LogP contribution in [0, 0.1) is 0 Å². The van der Waals surface area contributed by atoms with E-state index in [0.29, 0.717) is 4.90 Å². The SMILES string of the molecule is CC(C)(C)OC(=O)N1C[C@H](F)CC1[C@H](O)C(F)(F)F.